The van der Waals surface area contributed by atoms with Gasteiger partial charge in [-0.05, 0) is 36.0 Å². The molecule has 0 saturated heterocycles. The third-order valence-corrected chi connectivity index (χ3v) is 3.87. The average molecular weight is 253 g/mol. The summed E-state index contributed by atoms with van der Waals surface area (Å²) in [5, 5.41) is 0. The molecule has 1 nitrogen and oxygen atoms in total. The second kappa shape index (κ2) is 3.85. The van der Waals surface area contributed by atoms with E-state index in [9.17, 15) is 4.79 Å². The van der Waals surface area contributed by atoms with Crippen molar-refractivity contribution in [3.05, 3.63) is 33.8 Å². The molecule has 74 valence electrons. The smallest absolute Gasteiger partial charge is 0.123 e. The molecule has 0 amide bonds. The summed E-state index contributed by atoms with van der Waals surface area (Å²) < 4.78 is 1.19. The van der Waals surface area contributed by atoms with E-state index >= 15 is 0 Å². The Labute approximate surface area is 92.6 Å². The number of carbonyl (C=O) groups excluding carboxylic acids is 1. The Balaban J connectivity index is 2.26. The van der Waals surface area contributed by atoms with Gasteiger partial charge in [0.05, 0.1) is 0 Å². The highest BCUT2D eigenvalue weighted by Crippen LogP contribution is 2.35. The standard InChI is InChI=1S/C12H13BrO/c1-8(7-14)10-5-9-3-2-4-12(13)11(9)6-10/h2-4,7-8,10H,5-6H2,1H3. The van der Waals surface area contributed by atoms with Crippen LogP contribution in [0.4, 0.5) is 0 Å². The van der Waals surface area contributed by atoms with Gasteiger partial charge in [-0.1, -0.05) is 35.0 Å². The van der Waals surface area contributed by atoms with E-state index in [0.29, 0.717) is 5.92 Å². The van der Waals surface area contributed by atoms with Crippen LogP contribution in [0.5, 0.6) is 0 Å². The number of halogens is 1. The molecule has 0 aliphatic heterocycles. The number of benzene rings is 1. The fraction of sp³-hybridized carbons (Fsp3) is 0.417. The van der Waals surface area contributed by atoms with Gasteiger partial charge in [-0.15, -0.1) is 0 Å². The Kier molecular flexibility index (Phi) is 2.73. The van der Waals surface area contributed by atoms with Crippen molar-refractivity contribution in [1.29, 1.82) is 0 Å². The van der Waals surface area contributed by atoms with E-state index in [4.69, 9.17) is 0 Å². The molecule has 0 N–H and O–H groups in total. The van der Waals surface area contributed by atoms with Crippen LogP contribution < -0.4 is 0 Å². The fourth-order valence-electron chi connectivity index (χ4n) is 2.12. The molecule has 0 radical (unpaired) electrons. The van der Waals surface area contributed by atoms with Crippen LogP contribution in [-0.2, 0) is 17.6 Å². The maximum absolute atomic E-state index is 10.7. The first-order valence-corrected chi connectivity index (χ1v) is 5.73. The van der Waals surface area contributed by atoms with Crippen molar-refractivity contribution in [2.45, 2.75) is 19.8 Å². The zero-order valence-electron chi connectivity index (χ0n) is 8.16. The lowest BCUT2D eigenvalue weighted by molar-refractivity contribution is -0.111. The first-order chi connectivity index (χ1) is 6.72. The lowest BCUT2D eigenvalue weighted by Gasteiger charge is -2.11. The van der Waals surface area contributed by atoms with E-state index in [0.717, 1.165) is 19.1 Å². The molecule has 2 atom stereocenters. The quantitative estimate of drug-likeness (QED) is 0.740. The maximum atomic E-state index is 10.7. The summed E-state index contributed by atoms with van der Waals surface area (Å²) in [6.45, 7) is 2.01. The highest BCUT2D eigenvalue weighted by atomic mass is 79.9. The molecule has 1 aromatic rings. The maximum Gasteiger partial charge on any atom is 0.123 e. The third kappa shape index (κ3) is 1.63. The van der Waals surface area contributed by atoms with Gasteiger partial charge >= 0.3 is 0 Å². The molecule has 14 heavy (non-hydrogen) atoms. The molecule has 1 aromatic carbocycles. The molecule has 2 unspecified atom stereocenters. The summed E-state index contributed by atoms with van der Waals surface area (Å²) in [6.07, 6.45) is 3.16. The second-order valence-electron chi connectivity index (χ2n) is 4.04. The first-order valence-electron chi connectivity index (χ1n) is 4.94. The molecule has 1 aliphatic carbocycles. The minimum absolute atomic E-state index is 0.175. The second-order valence-corrected chi connectivity index (χ2v) is 4.90. The van der Waals surface area contributed by atoms with Crippen LogP contribution in [-0.4, -0.2) is 6.29 Å². The van der Waals surface area contributed by atoms with E-state index in [2.05, 4.69) is 34.1 Å². The van der Waals surface area contributed by atoms with Crippen molar-refractivity contribution in [3.8, 4) is 0 Å². The molecular formula is C12H13BrO. The Morgan fingerprint density at radius 3 is 2.93 bits per heavy atom. The molecule has 1 aliphatic rings. The monoisotopic (exact) mass is 252 g/mol. The molecule has 0 bridgehead atoms. The molecule has 0 fully saturated rings. The van der Waals surface area contributed by atoms with Crippen LogP contribution in [0.3, 0.4) is 0 Å². The largest absolute Gasteiger partial charge is 0.303 e. The predicted octanol–water partition coefficient (Wildman–Crippen LogP) is 3.00. The number of hydrogen-bond acceptors (Lipinski definition) is 1. The van der Waals surface area contributed by atoms with Gasteiger partial charge in [0, 0.05) is 10.4 Å². The Morgan fingerprint density at radius 1 is 1.50 bits per heavy atom. The zero-order chi connectivity index (χ0) is 10.1. The van der Waals surface area contributed by atoms with Crippen molar-refractivity contribution in [2.75, 3.05) is 0 Å². The van der Waals surface area contributed by atoms with Crippen molar-refractivity contribution in [1.82, 2.24) is 0 Å². The van der Waals surface area contributed by atoms with Crippen LogP contribution in [0, 0.1) is 11.8 Å². The first kappa shape index (κ1) is 9.91. The van der Waals surface area contributed by atoms with Gasteiger partial charge in [0.1, 0.15) is 6.29 Å². The van der Waals surface area contributed by atoms with E-state index in [-0.39, 0.29) is 5.92 Å². The summed E-state index contributed by atoms with van der Waals surface area (Å²) >= 11 is 3.56. The van der Waals surface area contributed by atoms with E-state index in [1.54, 1.807) is 0 Å². The summed E-state index contributed by atoms with van der Waals surface area (Å²) in [5.41, 5.74) is 2.80. The van der Waals surface area contributed by atoms with Gasteiger partial charge in [0.2, 0.25) is 0 Å². The number of aldehydes is 1. The Morgan fingerprint density at radius 2 is 2.29 bits per heavy atom. The van der Waals surface area contributed by atoms with Crippen LogP contribution >= 0.6 is 15.9 Å². The molecule has 0 saturated carbocycles. The zero-order valence-corrected chi connectivity index (χ0v) is 9.75. The van der Waals surface area contributed by atoms with Crippen LogP contribution in [0.25, 0.3) is 0 Å². The van der Waals surface area contributed by atoms with Crippen molar-refractivity contribution >= 4 is 22.2 Å². The number of carbonyl (C=O) groups is 1. The van der Waals surface area contributed by atoms with Crippen LogP contribution in [0.2, 0.25) is 0 Å². The van der Waals surface area contributed by atoms with Crippen LogP contribution in [0.1, 0.15) is 18.1 Å². The summed E-state index contributed by atoms with van der Waals surface area (Å²) in [5.74, 6) is 0.676. The van der Waals surface area contributed by atoms with E-state index in [1.807, 2.05) is 6.92 Å². The lowest BCUT2D eigenvalue weighted by Crippen LogP contribution is -2.12. The van der Waals surface area contributed by atoms with E-state index in [1.165, 1.54) is 15.6 Å². The fourth-order valence-corrected chi connectivity index (χ4v) is 2.69. The molecule has 0 heterocycles. The number of rotatable bonds is 2. The van der Waals surface area contributed by atoms with Gasteiger partial charge < -0.3 is 4.79 Å². The van der Waals surface area contributed by atoms with Crippen molar-refractivity contribution < 1.29 is 4.79 Å². The summed E-state index contributed by atoms with van der Waals surface area (Å²) in [4.78, 5) is 10.7. The molecular weight excluding hydrogens is 240 g/mol. The van der Waals surface area contributed by atoms with Crippen LogP contribution in [0.15, 0.2) is 22.7 Å². The minimum Gasteiger partial charge on any atom is -0.303 e. The summed E-state index contributed by atoms with van der Waals surface area (Å²) in [6, 6.07) is 6.31. The third-order valence-electron chi connectivity index (χ3n) is 3.12. The molecule has 0 aromatic heterocycles. The number of fused-ring (bicyclic) bond motifs is 1. The Bertz CT molecular complexity index is 359. The van der Waals surface area contributed by atoms with Gasteiger partial charge in [-0.2, -0.15) is 0 Å². The van der Waals surface area contributed by atoms with E-state index < -0.39 is 0 Å². The SMILES string of the molecule is CC(C=O)C1Cc2cccc(Br)c2C1. The summed E-state index contributed by atoms with van der Waals surface area (Å²) in [7, 11) is 0. The highest BCUT2D eigenvalue weighted by molar-refractivity contribution is 9.10. The lowest BCUT2D eigenvalue weighted by atomic mass is 9.93. The van der Waals surface area contributed by atoms with Gasteiger partial charge in [-0.25, -0.2) is 0 Å². The highest BCUT2D eigenvalue weighted by Gasteiger charge is 2.26. The van der Waals surface area contributed by atoms with Gasteiger partial charge in [0.25, 0.3) is 0 Å². The van der Waals surface area contributed by atoms with Crippen molar-refractivity contribution in [3.63, 3.8) is 0 Å². The van der Waals surface area contributed by atoms with Gasteiger partial charge in [-0.3, -0.25) is 0 Å². The van der Waals surface area contributed by atoms with Gasteiger partial charge in [0.15, 0.2) is 0 Å². The van der Waals surface area contributed by atoms with Crippen molar-refractivity contribution in [2.24, 2.45) is 11.8 Å². The minimum atomic E-state index is 0.175. The Hall–Kier alpha value is -0.630. The number of hydrogen-bond donors (Lipinski definition) is 0. The topological polar surface area (TPSA) is 17.1 Å². The average Bonchev–Trinajstić information content (AvgIpc) is 2.62. The normalized spacial score (nSPS) is 21.7. The molecule has 0 spiro atoms. The predicted molar refractivity (Wildman–Crippen MR) is 60.3 cm³/mol. The molecule has 2 rings (SSSR count). The molecule has 2 heteroatoms.